The highest BCUT2D eigenvalue weighted by Crippen LogP contribution is 2.37. The fourth-order valence-electron chi connectivity index (χ4n) is 5.08. The Bertz CT molecular complexity index is 1470. The Hall–Kier alpha value is -3.90. The van der Waals surface area contributed by atoms with Gasteiger partial charge in [0.1, 0.15) is 16.8 Å². The molecular formula is C35H51N7O3S. The van der Waals surface area contributed by atoms with Gasteiger partial charge in [-0.15, -0.1) is 11.3 Å². The normalized spacial score (nSPS) is 13.3. The van der Waals surface area contributed by atoms with Crippen LogP contribution in [-0.4, -0.2) is 60.0 Å². The molecule has 1 atom stereocenters. The van der Waals surface area contributed by atoms with Gasteiger partial charge in [0.25, 0.3) is 5.91 Å². The topological polar surface area (TPSA) is 159 Å². The van der Waals surface area contributed by atoms with Crippen molar-refractivity contribution >= 4 is 50.9 Å². The number of rotatable bonds is 10. The Labute approximate surface area is 277 Å². The van der Waals surface area contributed by atoms with Crippen molar-refractivity contribution in [2.45, 2.75) is 72.4 Å². The average Bonchev–Trinajstić information content (AvgIpc) is 3.46. The fourth-order valence-corrected chi connectivity index (χ4v) is 6.03. The van der Waals surface area contributed by atoms with E-state index in [1.807, 2.05) is 58.0 Å². The molecule has 4 heterocycles. The second kappa shape index (κ2) is 20.3. The summed E-state index contributed by atoms with van der Waals surface area (Å²) in [6.45, 7) is 12.2. The number of piperidine rings is 1. The number of aldehydes is 1. The lowest BCUT2D eigenvalue weighted by Crippen LogP contribution is -2.44. The van der Waals surface area contributed by atoms with Crippen LogP contribution < -0.4 is 27.0 Å². The summed E-state index contributed by atoms with van der Waals surface area (Å²) in [6.07, 6.45) is 5.22. The molecule has 250 valence electrons. The van der Waals surface area contributed by atoms with Gasteiger partial charge in [-0.3, -0.25) is 14.6 Å². The molecular weight excluding hydrogens is 598 g/mol. The molecule has 1 amide bonds. The van der Waals surface area contributed by atoms with Gasteiger partial charge in [-0.25, -0.2) is 4.98 Å². The predicted octanol–water partition coefficient (Wildman–Crippen LogP) is 6.21. The zero-order valence-corrected chi connectivity index (χ0v) is 28.9. The number of hydrogen-bond acceptors (Lipinski definition) is 10. The number of aryl methyl sites for hydroxylation is 1. The van der Waals surface area contributed by atoms with Gasteiger partial charge >= 0.3 is 0 Å². The molecule has 1 aliphatic heterocycles. The maximum Gasteiger partial charge on any atom is 0.257 e. The number of nitrogens with zero attached hydrogens (tertiary/aromatic N) is 3. The Morgan fingerprint density at radius 2 is 1.78 bits per heavy atom. The maximum absolute atomic E-state index is 12.4. The molecule has 11 heteroatoms. The smallest absolute Gasteiger partial charge is 0.257 e. The standard InChI is InChI=1S/C30H34N6O3S.2C2H6.CH5N/c1-2-6-19-15-26(35-30-27(19)28(31)25(18-37)40-30)36-13-11-21(12-14-36)32-17-24(38)23-10-9-20(16-33-23)29(39)34-22-7-4-3-5-8-22;3*1-2/h3-5,7-10,15-16,18,21,24,32,38H,2,6,11-14,17,31H2,1H3,(H,34,39);2*1-2H3;2H2,1H3. The lowest BCUT2D eigenvalue weighted by Gasteiger charge is -2.34. The summed E-state index contributed by atoms with van der Waals surface area (Å²) >= 11 is 1.36. The summed E-state index contributed by atoms with van der Waals surface area (Å²) in [5, 5.41) is 17.9. The van der Waals surface area contributed by atoms with E-state index in [2.05, 4.69) is 39.2 Å². The SMILES string of the molecule is CC.CC.CCCc1cc(N2CCC(NCC(O)c3ccc(C(=O)Nc4ccccc4)cn3)CC2)nc2sc(C=O)c(N)c12.CN. The summed E-state index contributed by atoms with van der Waals surface area (Å²) < 4.78 is 0. The number of amides is 1. The lowest BCUT2D eigenvalue weighted by molar-refractivity contribution is 0.102. The zero-order chi connectivity index (χ0) is 34.1. The van der Waals surface area contributed by atoms with Gasteiger partial charge in [-0.05, 0) is 62.2 Å². The van der Waals surface area contributed by atoms with Gasteiger partial charge in [0, 0.05) is 42.9 Å². The lowest BCUT2D eigenvalue weighted by atomic mass is 10.0. The molecule has 7 N–H and O–H groups in total. The minimum absolute atomic E-state index is 0.244. The van der Waals surface area contributed by atoms with E-state index in [9.17, 15) is 14.7 Å². The van der Waals surface area contributed by atoms with Crippen molar-refractivity contribution in [3.63, 3.8) is 0 Å². The predicted molar refractivity (Wildman–Crippen MR) is 193 cm³/mol. The van der Waals surface area contributed by atoms with Crippen molar-refractivity contribution in [3.8, 4) is 0 Å². The minimum Gasteiger partial charge on any atom is -0.397 e. The third kappa shape index (κ3) is 10.1. The summed E-state index contributed by atoms with van der Waals surface area (Å²) in [5.74, 6) is 0.681. The van der Waals surface area contributed by atoms with Gasteiger partial charge in [-0.2, -0.15) is 0 Å². The largest absolute Gasteiger partial charge is 0.397 e. The molecule has 0 saturated carbocycles. The molecule has 1 fully saturated rings. The van der Waals surface area contributed by atoms with E-state index < -0.39 is 6.10 Å². The Morgan fingerprint density at radius 3 is 2.37 bits per heavy atom. The summed E-state index contributed by atoms with van der Waals surface area (Å²) in [7, 11) is 1.50. The Morgan fingerprint density at radius 1 is 1.11 bits per heavy atom. The molecule has 1 aromatic carbocycles. The first-order valence-corrected chi connectivity index (χ1v) is 17.0. The van der Waals surface area contributed by atoms with Crippen LogP contribution in [0.2, 0.25) is 0 Å². The second-order valence-electron chi connectivity index (χ2n) is 10.0. The van der Waals surface area contributed by atoms with Crippen molar-refractivity contribution in [3.05, 3.63) is 76.4 Å². The van der Waals surface area contributed by atoms with Gasteiger partial charge in [0.05, 0.1) is 21.8 Å². The highest BCUT2D eigenvalue weighted by Gasteiger charge is 2.23. The number of anilines is 3. The van der Waals surface area contributed by atoms with Crippen LogP contribution in [0.5, 0.6) is 0 Å². The number of nitrogens with two attached hydrogens (primary N) is 2. The van der Waals surface area contributed by atoms with Crippen LogP contribution in [0, 0.1) is 0 Å². The molecule has 0 radical (unpaired) electrons. The number of aromatic nitrogens is 2. The average molecular weight is 650 g/mol. The maximum atomic E-state index is 12.4. The molecule has 1 aliphatic rings. The van der Waals surface area contributed by atoms with Crippen LogP contribution in [0.15, 0.2) is 54.7 Å². The van der Waals surface area contributed by atoms with E-state index in [-0.39, 0.29) is 11.9 Å². The first kappa shape index (κ1) is 38.3. The zero-order valence-electron chi connectivity index (χ0n) is 28.0. The highest BCUT2D eigenvalue weighted by molar-refractivity contribution is 7.20. The Balaban J connectivity index is 0.00000116. The summed E-state index contributed by atoms with van der Waals surface area (Å²) in [5.41, 5.74) is 14.1. The molecule has 0 aliphatic carbocycles. The quantitative estimate of drug-likeness (QED) is 0.126. The van der Waals surface area contributed by atoms with E-state index in [1.54, 1.807) is 12.1 Å². The van der Waals surface area contributed by atoms with Crippen LogP contribution in [0.4, 0.5) is 17.2 Å². The minimum atomic E-state index is -0.777. The van der Waals surface area contributed by atoms with E-state index in [4.69, 9.17) is 10.7 Å². The van der Waals surface area contributed by atoms with Crippen molar-refractivity contribution < 1.29 is 14.7 Å². The molecule has 10 nitrogen and oxygen atoms in total. The first-order chi connectivity index (χ1) is 22.5. The number of hydrogen-bond donors (Lipinski definition) is 5. The monoisotopic (exact) mass is 649 g/mol. The molecule has 1 unspecified atom stereocenters. The number of nitrogen functional groups attached to an aromatic ring is 1. The number of para-hydroxylation sites is 1. The van der Waals surface area contributed by atoms with Crippen molar-refractivity contribution in [1.29, 1.82) is 0 Å². The first-order valence-electron chi connectivity index (χ1n) is 16.2. The third-order valence-electron chi connectivity index (χ3n) is 7.26. The highest BCUT2D eigenvalue weighted by atomic mass is 32.1. The summed E-state index contributed by atoms with van der Waals surface area (Å²) in [6, 6.07) is 15.0. The van der Waals surface area contributed by atoms with Crippen molar-refractivity contribution in [2.75, 3.05) is 42.6 Å². The molecule has 0 spiro atoms. The number of carbonyl (C=O) groups is 2. The third-order valence-corrected chi connectivity index (χ3v) is 8.29. The van der Waals surface area contributed by atoms with Crippen LogP contribution in [0.25, 0.3) is 10.2 Å². The van der Waals surface area contributed by atoms with Gasteiger partial charge < -0.3 is 32.1 Å². The van der Waals surface area contributed by atoms with E-state index in [1.165, 1.54) is 24.6 Å². The second-order valence-corrected chi connectivity index (χ2v) is 11.1. The van der Waals surface area contributed by atoms with Gasteiger partial charge in [-0.1, -0.05) is 59.2 Å². The molecule has 5 rings (SSSR count). The van der Waals surface area contributed by atoms with Crippen LogP contribution in [0.3, 0.4) is 0 Å². The van der Waals surface area contributed by atoms with Crippen LogP contribution in [-0.2, 0) is 6.42 Å². The number of aliphatic hydroxyl groups excluding tert-OH is 1. The van der Waals surface area contributed by atoms with Gasteiger partial charge in [0.15, 0.2) is 6.29 Å². The summed E-state index contributed by atoms with van der Waals surface area (Å²) in [4.78, 5) is 36.7. The van der Waals surface area contributed by atoms with Gasteiger partial charge in [0.2, 0.25) is 0 Å². The molecule has 3 aromatic heterocycles. The van der Waals surface area contributed by atoms with E-state index in [0.717, 1.165) is 66.7 Å². The number of thiophene rings is 1. The fraction of sp³-hybridized carbons (Fsp3) is 0.429. The van der Waals surface area contributed by atoms with Crippen molar-refractivity contribution in [2.24, 2.45) is 5.73 Å². The number of pyridine rings is 2. The number of carbonyl (C=O) groups excluding carboxylic acids is 2. The number of fused-ring (bicyclic) bond motifs is 1. The molecule has 0 bridgehead atoms. The number of benzene rings is 1. The number of nitrogens with one attached hydrogen (secondary N) is 2. The molecule has 1 saturated heterocycles. The Kier molecular flexibility index (Phi) is 16.9. The van der Waals surface area contributed by atoms with E-state index in [0.29, 0.717) is 34.1 Å². The van der Waals surface area contributed by atoms with E-state index >= 15 is 0 Å². The van der Waals surface area contributed by atoms with Crippen LogP contribution in [0.1, 0.15) is 91.3 Å². The number of aliphatic hydroxyl groups is 1. The van der Waals surface area contributed by atoms with Crippen molar-refractivity contribution in [1.82, 2.24) is 15.3 Å². The molecule has 4 aromatic rings. The molecule has 46 heavy (non-hydrogen) atoms. The van der Waals surface area contributed by atoms with Crippen LogP contribution >= 0.6 is 11.3 Å².